The lowest BCUT2D eigenvalue weighted by Crippen LogP contribution is -2.40. The van der Waals surface area contributed by atoms with Gasteiger partial charge in [0.15, 0.2) is 0 Å². The fraction of sp³-hybridized carbons (Fsp3) is 0.381. The molecule has 128 valence electrons. The smallest absolute Gasteiger partial charge is 0.140 e. The first-order chi connectivity index (χ1) is 12.3. The minimum Gasteiger partial charge on any atom is -0.484 e. The Balaban J connectivity index is 1.59. The summed E-state index contributed by atoms with van der Waals surface area (Å²) in [5, 5.41) is 12.4. The van der Waals surface area contributed by atoms with Crippen LogP contribution in [0.15, 0.2) is 48.5 Å². The van der Waals surface area contributed by atoms with E-state index in [1.165, 1.54) is 17.5 Å². The number of likely N-dealkylation sites (N-methyl/N-ethyl adjacent to an activating group) is 1. The van der Waals surface area contributed by atoms with E-state index in [9.17, 15) is 0 Å². The quantitative estimate of drug-likeness (QED) is 0.935. The van der Waals surface area contributed by atoms with Gasteiger partial charge in [0.05, 0.1) is 17.7 Å². The molecule has 25 heavy (non-hydrogen) atoms. The van der Waals surface area contributed by atoms with Gasteiger partial charge < -0.3 is 10.1 Å². The maximum Gasteiger partial charge on any atom is 0.140 e. The highest BCUT2D eigenvalue weighted by Crippen LogP contribution is 2.39. The van der Waals surface area contributed by atoms with Crippen molar-refractivity contribution in [2.75, 3.05) is 20.1 Å². The van der Waals surface area contributed by atoms with Gasteiger partial charge in [0.2, 0.25) is 0 Å². The third kappa shape index (κ3) is 3.13. The second kappa shape index (κ2) is 6.87. The molecule has 1 saturated heterocycles. The zero-order valence-corrected chi connectivity index (χ0v) is 14.5. The van der Waals surface area contributed by atoms with Gasteiger partial charge in [0.25, 0.3) is 0 Å². The Labute approximate surface area is 149 Å². The molecule has 0 bridgehead atoms. The van der Waals surface area contributed by atoms with Crippen molar-refractivity contribution >= 4 is 0 Å². The summed E-state index contributed by atoms with van der Waals surface area (Å²) in [6, 6.07) is 19.1. The van der Waals surface area contributed by atoms with Crippen LogP contribution in [0.1, 0.15) is 29.2 Å². The first-order valence-corrected chi connectivity index (χ1v) is 8.94. The molecule has 0 spiro atoms. The monoisotopic (exact) mass is 333 g/mol. The molecule has 1 N–H and O–H groups in total. The van der Waals surface area contributed by atoms with Gasteiger partial charge in [-0.15, -0.1) is 0 Å². The van der Waals surface area contributed by atoms with Crippen LogP contribution in [0.5, 0.6) is 5.75 Å². The zero-order valence-electron chi connectivity index (χ0n) is 14.5. The van der Waals surface area contributed by atoms with Crippen LogP contribution in [-0.2, 0) is 6.42 Å². The molecule has 0 radical (unpaired) electrons. The molecule has 2 aliphatic rings. The summed E-state index contributed by atoms with van der Waals surface area (Å²) in [6.45, 7) is 2.18. The van der Waals surface area contributed by atoms with E-state index in [1.54, 1.807) is 0 Å². The van der Waals surface area contributed by atoms with E-state index >= 15 is 0 Å². The number of hydrogen-bond donors (Lipinski definition) is 1. The van der Waals surface area contributed by atoms with E-state index < -0.39 is 0 Å². The Bertz CT molecular complexity index is 780. The summed E-state index contributed by atoms with van der Waals surface area (Å²) >= 11 is 0. The molecule has 4 nitrogen and oxygen atoms in total. The lowest BCUT2D eigenvalue weighted by atomic mass is 10.1. The molecule has 0 amide bonds. The van der Waals surface area contributed by atoms with Crippen molar-refractivity contribution < 1.29 is 4.74 Å². The molecule has 4 rings (SSSR count). The summed E-state index contributed by atoms with van der Waals surface area (Å²) < 4.78 is 6.42. The molecule has 0 saturated carbocycles. The van der Waals surface area contributed by atoms with Gasteiger partial charge in [-0.1, -0.05) is 24.3 Å². The molecule has 1 unspecified atom stereocenters. The lowest BCUT2D eigenvalue weighted by Gasteiger charge is -2.30. The lowest BCUT2D eigenvalue weighted by molar-refractivity contribution is 0.0927. The predicted molar refractivity (Wildman–Crippen MR) is 97.5 cm³/mol. The molecule has 4 heteroatoms. The molecule has 1 heterocycles. The number of likely N-dealkylation sites (tertiary alicyclic amines) is 1. The Kier molecular flexibility index (Phi) is 4.44. The third-order valence-electron chi connectivity index (χ3n) is 5.48. The first-order valence-electron chi connectivity index (χ1n) is 8.94. The summed E-state index contributed by atoms with van der Waals surface area (Å²) in [5.41, 5.74) is 3.34. The molecule has 1 aliphatic carbocycles. The number of hydrogen-bond acceptors (Lipinski definition) is 4. The van der Waals surface area contributed by atoms with Gasteiger partial charge in [0, 0.05) is 19.1 Å². The Hall–Kier alpha value is -2.35. The highest BCUT2D eigenvalue weighted by molar-refractivity contribution is 5.39. The van der Waals surface area contributed by atoms with Crippen LogP contribution in [-0.4, -0.2) is 37.1 Å². The summed E-state index contributed by atoms with van der Waals surface area (Å²) in [4.78, 5) is 2.56. The van der Waals surface area contributed by atoms with Crippen LogP contribution in [0, 0.1) is 11.3 Å². The van der Waals surface area contributed by atoms with Crippen LogP contribution in [0.3, 0.4) is 0 Å². The SMILES string of the molecule is CNC1CCN([C@@H]2Cc3ccccc3[C@H]2Oc2ccc(C#N)cc2)C1. The fourth-order valence-electron chi connectivity index (χ4n) is 4.08. The highest BCUT2D eigenvalue weighted by Gasteiger charge is 2.40. The van der Waals surface area contributed by atoms with Gasteiger partial charge >= 0.3 is 0 Å². The van der Waals surface area contributed by atoms with E-state index in [0.717, 1.165) is 25.3 Å². The summed E-state index contributed by atoms with van der Waals surface area (Å²) in [6.07, 6.45) is 2.26. The van der Waals surface area contributed by atoms with Crippen LogP contribution >= 0.6 is 0 Å². The number of nitrogens with one attached hydrogen (secondary N) is 1. The third-order valence-corrected chi connectivity index (χ3v) is 5.48. The summed E-state index contributed by atoms with van der Waals surface area (Å²) in [5.74, 6) is 0.829. The molecule has 1 aliphatic heterocycles. The Morgan fingerprint density at radius 3 is 2.68 bits per heavy atom. The zero-order chi connectivity index (χ0) is 17.2. The molecule has 3 atom stereocenters. The van der Waals surface area contributed by atoms with Crippen molar-refractivity contribution in [1.82, 2.24) is 10.2 Å². The molecule has 2 aromatic rings. The van der Waals surface area contributed by atoms with Crippen LogP contribution in [0.25, 0.3) is 0 Å². The number of ether oxygens (including phenoxy) is 1. The normalized spacial score (nSPS) is 25.5. The maximum atomic E-state index is 8.97. The minimum atomic E-state index is 0.0414. The molecular formula is C21H23N3O. The van der Waals surface area contributed by atoms with Crippen molar-refractivity contribution in [2.45, 2.75) is 31.0 Å². The van der Waals surface area contributed by atoms with Crippen LogP contribution in [0.4, 0.5) is 0 Å². The molecular weight excluding hydrogens is 310 g/mol. The first kappa shape index (κ1) is 16.1. The van der Waals surface area contributed by atoms with Crippen molar-refractivity contribution in [3.8, 4) is 11.8 Å². The standard InChI is InChI=1S/C21H23N3O/c1-23-17-10-11-24(14-17)20-12-16-4-2-3-5-19(16)21(20)25-18-8-6-15(13-22)7-9-18/h2-9,17,20-21,23H,10-12,14H2,1H3/t17?,20-,21-/m1/s1. The van der Waals surface area contributed by atoms with Crippen molar-refractivity contribution in [2.24, 2.45) is 0 Å². The number of rotatable bonds is 4. The highest BCUT2D eigenvalue weighted by atomic mass is 16.5. The van der Waals surface area contributed by atoms with Gasteiger partial charge in [-0.25, -0.2) is 0 Å². The Morgan fingerprint density at radius 1 is 1.16 bits per heavy atom. The Morgan fingerprint density at radius 2 is 1.96 bits per heavy atom. The minimum absolute atomic E-state index is 0.0414. The second-order valence-electron chi connectivity index (χ2n) is 6.91. The molecule has 1 fully saturated rings. The topological polar surface area (TPSA) is 48.3 Å². The average molecular weight is 333 g/mol. The van der Waals surface area contributed by atoms with Crippen molar-refractivity contribution in [3.63, 3.8) is 0 Å². The fourth-order valence-corrected chi connectivity index (χ4v) is 4.08. The van der Waals surface area contributed by atoms with Gasteiger partial charge in [-0.2, -0.15) is 5.26 Å². The van der Waals surface area contributed by atoms with Gasteiger partial charge in [0.1, 0.15) is 11.9 Å². The van der Waals surface area contributed by atoms with Gasteiger partial charge in [-0.3, -0.25) is 4.90 Å². The number of nitrogens with zero attached hydrogens (tertiary/aromatic N) is 2. The molecule has 0 aromatic heterocycles. The average Bonchev–Trinajstić information content (AvgIpc) is 3.27. The van der Waals surface area contributed by atoms with E-state index in [0.29, 0.717) is 17.6 Å². The van der Waals surface area contributed by atoms with E-state index in [1.807, 2.05) is 31.3 Å². The number of benzene rings is 2. The van der Waals surface area contributed by atoms with E-state index in [4.69, 9.17) is 10.00 Å². The summed E-state index contributed by atoms with van der Waals surface area (Å²) in [7, 11) is 2.04. The van der Waals surface area contributed by atoms with Gasteiger partial charge in [-0.05, 0) is 55.3 Å². The van der Waals surface area contributed by atoms with Crippen LogP contribution < -0.4 is 10.1 Å². The number of fused-ring (bicyclic) bond motifs is 1. The van der Waals surface area contributed by atoms with Crippen molar-refractivity contribution in [3.05, 3.63) is 65.2 Å². The van der Waals surface area contributed by atoms with E-state index in [2.05, 4.69) is 40.6 Å². The maximum absolute atomic E-state index is 8.97. The van der Waals surface area contributed by atoms with Crippen molar-refractivity contribution in [1.29, 1.82) is 5.26 Å². The predicted octanol–water partition coefficient (Wildman–Crippen LogP) is 2.90. The second-order valence-corrected chi connectivity index (χ2v) is 6.91. The number of nitriles is 1. The molecule has 2 aromatic carbocycles. The largest absolute Gasteiger partial charge is 0.484 e. The van der Waals surface area contributed by atoms with E-state index in [-0.39, 0.29) is 6.10 Å². The van der Waals surface area contributed by atoms with Crippen LogP contribution in [0.2, 0.25) is 0 Å².